The Labute approximate surface area is 76.9 Å². The summed E-state index contributed by atoms with van der Waals surface area (Å²) in [6, 6.07) is -1.28. The highest BCUT2D eigenvalue weighted by Gasteiger charge is 2.40. The van der Waals surface area contributed by atoms with Gasteiger partial charge in [0.2, 0.25) is 0 Å². The lowest BCUT2D eigenvalue weighted by molar-refractivity contribution is -0.181. The summed E-state index contributed by atoms with van der Waals surface area (Å²) >= 11 is 0. The maximum absolute atomic E-state index is 12.3. The van der Waals surface area contributed by atoms with Gasteiger partial charge in [-0.2, -0.15) is 13.2 Å². The first kappa shape index (κ1) is 10.8. The summed E-state index contributed by atoms with van der Waals surface area (Å²) in [4.78, 5) is 1.53. The summed E-state index contributed by atoms with van der Waals surface area (Å²) in [5, 5.41) is 0. The van der Waals surface area contributed by atoms with E-state index in [1.807, 2.05) is 0 Å². The first-order chi connectivity index (χ1) is 5.91. The number of hydrogen-bond acceptors (Lipinski definition) is 1. The molecule has 1 nitrogen and oxygen atoms in total. The van der Waals surface area contributed by atoms with E-state index >= 15 is 0 Å². The third-order valence-corrected chi connectivity index (χ3v) is 2.84. The van der Waals surface area contributed by atoms with Gasteiger partial charge in [-0.3, -0.25) is 4.90 Å². The van der Waals surface area contributed by atoms with E-state index in [0.29, 0.717) is 19.0 Å². The van der Waals surface area contributed by atoms with E-state index < -0.39 is 12.2 Å². The number of hydrogen-bond donors (Lipinski definition) is 0. The van der Waals surface area contributed by atoms with Gasteiger partial charge >= 0.3 is 6.18 Å². The van der Waals surface area contributed by atoms with Crippen LogP contribution in [0.25, 0.3) is 0 Å². The van der Waals surface area contributed by atoms with Crippen molar-refractivity contribution in [1.29, 1.82) is 0 Å². The normalized spacial score (nSPS) is 24.7. The van der Waals surface area contributed by atoms with Crippen LogP contribution in [-0.2, 0) is 0 Å². The average molecular weight is 195 g/mol. The number of nitrogens with zero attached hydrogens (tertiary/aromatic N) is 1. The fourth-order valence-corrected chi connectivity index (χ4v) is 1.62. The van der Waals surface area contributed by atoms with Gasteiger partial charge in [0.1, 0.15) is 6.04 Å². The van der Waals surface area contributed by atoms with E-state index in [0.717, 1.165) is 12.8 Å². The number of piperidine rings is 1. The monoisotopic (exact) mass is 195 g/mol. The molecule has 1 atom stereocenters. The minimum Gasteiger partial charge on any atom is -0.292 e. The Morgan fingerprint density at radius 3 is 2.08 bits per heavy atom. The minimum atomic E-state index is -4.07. The second-order valence-corrected chi connectivity index (χ2v) is 3.94. The highest BCUT2D eigenvalue weighted by Crippen LogP contribution is 2.27. The molecule has 0 aromatic rings. The van der Waals surface area contributed by atoms with Crippen molar-refractivity contribution in [2.45, 2.75) is 38.9 Å². The molecule has 0 aliphatic carbocycles. The Bertz CT molecular complexity index is 159. The Kier molecular flexibility index (Phi) is 3.22. The standard InChI is InChI=1S/C9H16F3N/c1-7-3-5-13(6-4-7)8(2)9(10,11)12/h7-8H,3-6H2,1-2H3. The van der Waals surface area contributed by atoms with Crippen molar-refractivity contribution in [2.75, 3.05) is 13.1 Å². The fraction of sp³-hybridized carbons (Fsp3) is 1.00. The molecule has 0 amide bonds. The Morgan fingerprint density at radius 1 is 1.23 bits per heavy atom. The van der Waals surface area contributed by atoms with E-state index in [1.54, 1.807) is 0 Å². The number of likely N-dealkylation sites (tertiary alicyclic amines) is 1. The zero-order chi connectivity index (χ0) is 10.1. The number of halogens is 3. The topological polar surface area (TPSA) is 3.24 Å². The van der Waals surface area contributed by atoms with E-state index in [2.05, 4.69) is 6.92 Å². The second kappa shape index (κ2) is 3.86. The quantitative estimate of drug-likeness (QED) is 0.621. The van der Waals surface area contributed by atoms with Crippen LogP contribution in [0.3, 0.4) is 0 Å². The summed E-state index contributed by atoms with van der Waals surface area (Å²) in [6.07, 6.45) is -2.29. The van der Waals surface area contributed by atoms with Gasteiger partial charge < -0.3 is 0 Å². The van der Waals surface area contributed by atoms with E-state index in [-0.39, 0.29) is 0 Å². The third-order valence-electron chi connectivity index (χ3n) is 2.84. The molecule has 4 heteroatoms. The molecule has 1 saturated heterocycles. The highest BCUT2D eigenvalue weighted by atomic mass is 19.4. The summed E-state index contributed by atoms with van der Waals surface area (Å²) in [6.45, 7) is 4.51. The molecule has 13 heavy (non-hydrogen) atoms. The zero-order valence-electron chi connectivity index (χ0n) is 8.06. The molecule has 1 fully saturated rings. The average Bonchev–Trinajstić information content (AvgIpc) is 2.03. The molecule has 0 aromatic carbocycles. The Hall–Kier alpha value is -0.250. The van der Waals surface area contributed by atoms with Crippen molar-refractivity contribution in [1.82, 2.24) is 4.90 Å². The summed E-state index contributed by atoms with van der Waals surface area (Å²) < 4.78 is 36.9. The highest BCUT2D eigenvalue weighted by molar-refractivity contribution is 4.78. The predicted molar refractivity (Wildman–Crippen MR) is 45.5 cm³/mol. The predicted octanol–water partition coefficient (Wildman–Crippen LogP) is 2.67. The van der Waals surface area contributed by atoms with Gasteiger partial charge in [0.25, 0.3) is 0 Å². The van der Waals surface area contributed by atoms with E-state index in [9.17, 15) is 13.2 Å². The SMILES string of the molecule is CC1CCN(C(C)C(F)(F)F)CC1. The largest absolute Gasteiger partial charge is 0.403 e. The molecule has 0 spiro atoms. The van der Waals surface area contributed by atoms with Gasteiger partial charge in [-0.1, -0.05) is 6.92 Å². The molecule has 78 valence electrons. The zero-order valence-corrected chi connectivity index (χ0v) is 8.06. The van der Waals surface area contributed by atoms with Crippen LogP contribution in [0.2, 0.25) is 0 Å². The summed E-state index contributed by atoms with van der Waals surface area (Å²) in [7, 11) is 0. The minimum absolute atomic E-state index is 0.580. The lowest BCUT2D eigenvalue weighted by atomic mass is 9.98. The molecule has 1 rings (SSSR count). The van der Waals surface area contributed by atoms with Gasteiger partial charge in [0, 0.05) is 0 Å². The van der Waals surface area contributed by atoms with Crippen LogP contribution in [0, 0.1) is 5.92 Å². The van der Waals surface area contributed by atoms with Crippen LogP contribution >= 0.6 is 0 Å². The first-order valence-electron chi connectivity index (χ1n) is 4.72. The van der Waals surface area contributed by atoms with Crippen LogP contribution in [0.4, 0.5) is 13.2 Å². The van der Waals surface area contributed by atoms with E-state index in [1.165, 1.54) is 11.8 Å². The fourth-order valence-electron chi connectivity index (χ4n) is 1.62. The molecule has 0 N–H and O–H groups in total. The molecule has 0 bridgehead atoms. The third kappa shape index (κ3) is 2.86. The lowest BCUT2D eigenvalue weighted by Crippen LogP contribution is -2.47. The molecule has 0 saturated carbocycles. The van der Waals surface area contributed by atoms with Crippen molar-refractivity contribution >= 4 is 0 Å². The molecule has 1 heterocycles. The molecule has 1 unspecified atom stereocenters. The van der Waals surface area contributed by atoms with E-state index in [4.69, 9.17) is 0 Å². The second-order valence-electron chi connectivity index (χ2n) is 3.94. The first-order valence-corrected chi connectivity index (χ1v) is 4.72. The van der Waals surface area contributed by atoms with Crippen LogP contribution in [0.15, 0.2) is 0 Å². The van der Waals surface area contributed by atoms with Gasteiger partial charge in [-0.15, -0.1) is 0 Å². The van der Waals surface area contributed by atoms with Crippen molar-refractivity contribution in [3.8, 4) is 0 Å². The smallest absolute Gasteiger partial charge is 0.292 e. The van der Waals surface area contributed by atoms with Gasteiger partial charge in [-0.25, -0.2) is 0 Å². The van der Waals surface area contributed by atoms with Crippen molar-refractivity contribution in [2.24, 2.45) is 5.92 Å². The van der Waals surface area contributed by atoms with Crippen LogP contribution in [0.1, 0.15) is 26.7 Å². The molecular weight excluding hydrogens is 179 g/mol. The number of rotatable bonds is 1. The van der Waals surface area contributed by atoms with Crippen LogP contribution in [0.5, 0.6) is 0 Å². The van der Waals surface area contributed by atoms with Gasteiger partial charge in [0.15, 0.2) is 0 Å². The summed E-state index contributed by atoms with van der Waals surface area (Å²) in [5.74, 6) is 0.580. The van der Waals surface area contributed by atoms with Crippen molar-refractivity contribution in [3.63, 3.8) is 0 Å². The van der Waals surface area contributed by atoms with Crippen molar-refractivity contribution in [3.05, 3.63) is 0 Å². The van der Waals surface area contributed by atoms with Gasteiger partial charge in [-0.05, 0) is 38.8 Å². The molecular formula is C9H16F3N. The van der Waals surface area contributed by atoms with Crippen LogP contribution < -0.4 is 0 Å². The van der Waals surface area contributed by atoms with Crippen LogP contribution in [-0.4, -0.2) is 30.2 Å². The lowest BCUT2D eigenvalue weighted by Gasteiger charge is -2.35. The Morgan fingerprint density at radius 2 is 1.69 bits per heavy atom. The molecule has 0 aromatic heterocycles. The maximum Gasteiger partial charge on any atom is 0.403 e. The molecule has 1 aliphatic rings. The summed E-state index contributed by atoms with van der Waals surface area (Å²) in [5.41, 5.74) is 0. The Balaban J connectivity index is 2.45. The van der Waals surface area contributed by atoms with Gasteiger partial charge in [0.05, 0.1) is 0 Å². The maximum atomic E-state index is 12.3. The number of alkyl halides is 3. The molecule has 1 aliphatic heterocycles. The van der Waals surface area contributed by atoms with Crippen molar-refractivity contribution < 1.29 is 13.2 Å². The molecule has 0 radical (unpaired) electrons.